The Bertz CT molecular complexity index is 325. The summed E-state index contributed by atoms with van der Waals surface area (Å²) in [4.78, 5) is 11.1. The van der Waals surface area contributed by atoms with Gasteiger partial charge < -0.3 is 10.1 Å². The Morgan fingerprint density at radius 1 is 1.47 bits per heavy atom. The van der Waals surface area contributed by atoms with Crippen molar-refractivity contribution in [3.63, 3.8) is 0 Å². The smallest absolute Gasteiger partial charge is 0.418 e. The van der Waals surface area contributed by atoms with E-state index in [-0.39, 0.29) is 6.09 Å². The number of benzene rings is 1. The Morgan fingerprint density at radius 2 is 2.07 bits per heavy atom. The standard InChI is InChI=1S/C10H13IN2O2/c1-12-9-5-3-8(4-6-9)7-15-10(14)13(2)11/h3-6,12H,7H2,1-2H3. The number of halogens is 1. The van der Waals surface area contributed by atoms with Crippen LogP contribution in [0.5, 0.6) is 0 Å². The van der Waals surface area contributed by atoms with Gasteiger partial charge in [0.2, 0.25) is 0 Å². The molecule has 0 unspecified atom stereocenters. The van der Waals surface area contributed by atoms with Crippen LogP contribution in [0.3, 0.4) is 0 Å². The predicted octanol–water partition coefficient (Wildman–Crippen LogP) is 2.65. The summed E-state index contributed by atoms with van der Waals surface area (Å²) in [6.45, 7) is 0.302. The van der Waals surface area contributed by atoms with E-state index in [0.717, 1.165) is 11.3 Å². The van der Waals surface area contributed by atoms with Crippen LogP contribution in [0.25, 0.3) is 0 Å². The quantitative estimate of drug-likeness (QED) is 0.688. The molecule has 1 aromatic rings. The SMILES string of the molecule is CNc1ccc(COC(=O)N(C)I)cc1. The molecule has 0 fully saturated rings. The molecule has 1 N–H and O–H groups in total. The second kappa shape index (κ2) is 5.79. The summed E-state index contributed by atoms with van der Waals surface area (Å²) < 4.78 is 6.40. The monoisotopic (exact) mass is 320 g/mol. The van der Waals surface area contributed by atoms with E-state index in [1.165, 1.54) is 3.11 Å². The first-order valence-electron chi connectivity index (χ1n) is 4.46. The molecule has 0 spiro atoms. The fourth-order valence-corrected chi connectivity index (χ4v) is 1.14. The molecule has 5 heteroatoms. The molecule has 1 aromatic carbocycles. The van der Waals surface area contributed by atoms with E-state index in [1.54, 1.807) is 7.05 Å². The van der Waals surface area contributed by atoms with Crippen molar-refractivity contribution in [2.75, 3.05) is 19.4 Å². The summed E-state index contributed by atoms with van der Waals surface area (Å²) in [7, 11) is 3.51. The number of hydrogen-bond donors (Lipinski definition) is 1. The first-order valence-corrected chi connectivity index (χ1v) is 5.43. The van der Waals surface area contributed by atoms with Crippen molar-refractivity contribution in [3.05, 3.63) is 29.8 Å². The molecule has 0 aromatic heterocycles. The van der Waals surface area contributed by atoms with E-state index in [2.05, 4.69) is 5.32 Å². The fourth-order valence-electron chi connectivity index (χ4n) is 1.00. The zero-order valence-corrected chi connectivity index (χ0v) is 10.8. The van der Waals surface area contributed by atoms with Crippen LogP contribution in [0.2, 0.25) is 0 Å². The summed E-state index contributed by atoms with van der Waals surface area (Å²) in [6, 6.07) is 7.73. The average Bonchev–Trinajstić information content (AvgIpc) is 2.26. The van der Waals surface area contributed by atoms with Crippen LogP contribution in [-0.4, -0.2) is 23.3 Å². The highest BCUT2D eigenvalue weighted by Crippen LogP contribution is 2.10. The zero-order chi connectivity index (χ0) is 11.3. The van der Waals surface area contributed by atoms with Gasteiger partial charge in [-0.1, -0.05) is 12.1 Å². The van der Waals surface area contributed by atoms with Crippen LogP contribution in [0.1, 0.15) is 5.56 Å². The van der Waals surface area contributed by atoms with Gasteiger partial charge in [-0.15, -0.1) is 0 Å². The van der Waals surface area contributed by atoms with Crippen LogP contribution < -0.4 is 5.32 Å². The topological polar surface area (TPSA) is 41.6 Å². The van der Waals surface area contributed by atoms with Crippen LogP contribution in [-0.2, 0) is 11.3 Å². The lowest BCUT2D eigenvalue weighted by atomic mass is 10.2. The molecule has 1 rings (SSSR count). The van der Waals surface area contributed by atoms with Gasteiger partial charge in [0.1, 0.15) is 6.61 Å². The molecule has 4 nitrogen and oxygen atoms in total. The van der Waals surface area contributed by atoms with E-state index in [4.69, 9.17) is 4.74 Å². The van der Waals surface area contributed by atoms with Crippen molar-refractivity contribution >= 4 is 34.6 Å². The number of anilines is 1. The van der Waals surface area contributed by atoms with Gasteiger partial charge >= 0.3 is 6.09 Å². The fraction of sp³-hybridized carbons (Fsp3) is 0.300. The lowest BCUT2D eigenvalue weighted by molar-refractivity contribution is 0.129. The normalized spacial score (nSPS) is 9.53. The highest BCUT2D eigenvalue weighted by molar-refractivity contribution is 14.1. The number of amides is 1. The van der Waals surface area contributed by atoms with E-state index in [1.807, 2.05) is 54.2 Å². The van der Waals surface area contributed by atoms with E-state index in [0.29, 0.717) is 6.61 Å². The second-order valence-corrected chi connectivity index (χ2v) is 4.43. The average molecular weight is 320 g/mol. The van der Waals surface area contributed by atoms with E-state index in [9.17, 15) is 4.79 Å². The summed E-state index contributed by atoms with van der Waals surface area (Å²) in [6.07, 6.45) is -0.340. The Labute approximate surface area is 103 Å². The number of carbonyl (C=O) groups excluding carboxylic acids is 1. The molecule has 0 aliphatic heterocycles. The van der Waals surface area contributed by atoms with Crippen molar-refractivity contribution in [3.8, 4) is 0 Å². The summed E-state index contributed by atoms with van der Waals surface area (Å²) in [5.74, 6) is 0. The summed E-state index contributed by atoms with van der Waals surface area (Å²) in [5.41, 5.74) is 2.01. The van der Waals surface area contributed by atoms with Gasteiger partial charge in [0.15, 0.2) is 0 Å². The van der Waals surface area contributed by atoms with Gasteiger partial charge in [0.05, 0.1) is 22.9 Å². The minimum Gasteiger partial charge on any atom is -0.444 e. The van der Waals surface area contributed by atoms with Crippen LogP contribution in [0.15, 0.2) is 24.3 Å². The number of nitrogens with zero attached hydrogens (tertiary/aromatic N) is 1. The molecule has 0 aliphatic rings. The number of carbonyl (C=O) groups is 1. The largest absolute Gasteiger partial charge is 0.444 e. The van der Waals surface area contributed by atoms with E-state index < -0.39 is 0 Å². The summed E-state index contributed by atoms with van der Waals surface area (Å²) >= 11 is 1.87. The maximum absolute atomic E-state index is 11.1. The molecule has 0 saturated heterocycles. The molecule has 0 heterocycles. The number of hydrogen-bond acceptors (Lipinski definition) is 3. The molecule has 15 heavy (non-hydrogen) atoms. The molecular formula is C10H13IN2O2. The first-order chi connectivity index (χ1) is 7.13. The van der Waals surface area contributed by atoms with Gasteiger partial charge in [-0.3, -0.25) is 3.11 Å². The van der Waals surface area contributed by atoms with Crippen molar-refractivity contribution in [1.82, 2.24) is 3.11 Å². The van der Waals surface area contributed by atoms with Gasteiger partial charge in [0.25, 0.3) is 0 Å². The number of nitrogens with one attached hydrogen (secondary N) is 1. The predicted molar refractivity (Wildman–Crippen MR) is 68.0 cm³/mol. The molecular weight excluding hydrogens is 307 g/mol. The van der Waals surface area contributed by atoms with Crippen LogP contribution >= 0.6 is 22.9 Å². The number of ether oxygens (including phenoxy) is 1. The molecule has 0 atom stereocenters. The third kappa shape index (κ3) is 3.94. The highest BCUT2D eigenvalue weighted by Gasteiger charge is 2.05. The maximum Gasteiger partial charge on any atom is 0.418 e. The lowest BCUT2D eigenvalue weighted by Crippen LogP contribution is -2.16. The molecule has 0 bridgehead atoms. The molecule has 0 radical (unpaired) electrons. The number of rotatable bonds is 3. The minimum absolute atomic E-state index is 0.302. The highest BCUT2D eigenvalue weighted by atomic mass is 127. The Morgan fingerprint density at radius 3 is 2.53 bits per heavy atom. The molecule has 0 aliphatic carbocycles. The second-order valence-electron chi connectivity index (χ2n) is 2.98. The third-order valence-electron chi connectivity index (χ3n) is 1.86. The van der Waals surface area contributed by atoms with Crippen molar-refractivity contribution < 1.29 is 9.53 Å². The van der Waals surface area contributed by atoms with Gasteiger partial charge in [-0.05, 0) is 17.7 Å². The zero-order valence-electron chi connectivity index (χ0n) is 8.66. The molecule has 0 saturated carbocycles. The van der Waals surface area contributed by atoms with Gasteiger partial charge in [-0.25, -0.2) is 4.79 Å². The van der Waals surface area contributed by atoms with Gasteiger partial charge in [0, 0.05) is 19.8 Å². The lowest BCUT2D eigenvalue weighted by Gasteiger charge is -2.09. The van der Waals surface area contributed by atoms with Crippen LogP contribution in [0.4, 0.5) is 10.5 Å². The summed E-state index contributed by atoms with van der Waals surface area (Å²) in [5, 5.41) is 3.02. The van der Waals surface area contributed by atoms with Crippen molar-refractivity contribution in [2.24, 2.45) is 0 Å². The Balaban J connectivity index is 2.47. The molecule has 82 valence electrons. The Hall–Kier alpha value is -0.980. The van der Waals surface area contributed by atoms with Crippen molar-refractivity contribution in [1.29, 1.82) is 0 Å². The van der Waals surface area contributed by atoms with Gasteiger partial charge in [-0.2, -0.15) is 0 Å². The van der Waals surface area contributed by atoms with Crippen molar-refractivity contribution in [2.45, 2.75) is 6.61 Å². The minimum atomic E-state index is -0.340. The maximum atomic E-state index is 11.1. The third-order valence-corrected chi connectivity index (χ3v) is 2.25. The van der Waals surface area contributed by atoms with Crippen LogP contribution in [0, 0.1) is 0 Å². The Kier molecular flexibility index (Phi) is 4.67. The van der Waals surface area contributed by atoms with E-state index >= 15 is 0 Å². The first kappa shape index (κ1) is 12.1. The molecule has 1 amide bonds.